The summed E-state index contributed by atoms with van der Waals surface area (Å²) in [5.41, 5.74) is 1.32. The quantitative estimate of drug-likeness (QED) is 0.831. The third-order valence-electron chi connectivity index (χ3n) is 3.40. The van der Waals surface area contributed by atoms with Crippen molar-refractivity contribution >= 4 is 0 Å². The molecule has 0 bridgehead atoms. The number of nitrogens with one attached hydrogen (secondary N) is 1. The Hall–Kier alpha value is -0.870. The van der Waals surface area contributed by atoms with Crippen molar-refractivity contribution in [2.45, 2.75) is 45.9 Å². The zero-order valence-corrected chi connectivity index (χ0v) is 10.5. The largest absolute Gasteiger partial charge is 0.334 e. The van der Waals surface area contributed by atoms with Crippen LogP contribution in [0, 0.1) is 0 Å². The molecule has 0 radical (unpaired) electrons. The molecule has 1 aliphatic heterocycles. The van der Waals surface area contributed by atoms with Gasteiger partial charge in [-0.15, -0.1) is 0 Å². The van der Waals surface area contributed by atoms with Crippen LogP contribution in [0.15, 0.2) is 12.5 Å². The minimum Gasteiger partial charge on any atom is -0.334 e. The highest BCUT2D eigenvalue weighted by Crippen LogP contribution is 2.12. The van der Waals surface area contributed by atoms with Crippen molar-refractivity contribution in [1.82, 2.24) is 19.8 Å². The molecule has 1 aromatic rings. The van der Waals surface area contributed by atoms with E-state index in [1.807, 2.05) is 12.5 Å². The fourth-order valence-corrected chi connectivity index (χ4v) is 2.29. The van der Waals surface area contributed by atoms with Crippen LogP contribution < -0.4 is 5.32 Å². The predicted octanol–water partition coefficient (Wildman–Crippen LogP) is 1.09. The Morgan fingerprint density at radius 1 is 1.50 bits per heavy atom. The molecule has 4 nitrogen and oxygen atoms in total. The van der Waals surface area contributed by atoms with Crippen LogP contribution in [0.25, 0.3) is 0 Å². The standard InChI is InChI=1S/C12H22N4/c1-4-15-9-13-6-12(15)8-16-7-10(2)14-5-11(16)3/h6,9-11,14H,4-5,7-8H2,1-3H3. The molecule has 90 valence electrons. The van der Waals surface area contributed by atoms with Crippen molar-refractivity contribution in [3.8, 4) is 0 Å². The first-order valence-corrected chi connectivity index (χ1v) is 6.17. The Labute approximate surface area is 97.7 Å². The molecule has 1 saturated heterocycles. The average Bonchev–Trinajstić information content (AvgIpc) is 2.71. The average molecular weight is 222 g/mol. The van der Waals surface area contributed by atoms with Gasteiger partial charge in [-0.1, -0.05) is 0 Å². The maximum absolute atomic E-state index is 4.22. The molecular weight excluding hydrogens is 200 g/mol. The number of aryl methyl sites for hydroxylation is 1. The maximum Gasteiger partial charge on any atom is 0.0948 e. The molecule has 4 heteroatoms. The molecule has 2 rings (SSSR count). The van der Waals surface area contributed by atoms with Crippen LogP contribution in [0.1, 0.15) is 26.5 Å². The highest BCUT2D eigenvalue weighted by Gasteiger charge is 2.22. The number of nitrogens with zero attached hydrogens (tertiary/aromatic N) is 3. The molecule has 2 unspecified atom stereocenters. The molecule has 2 atom stereocenters. The van der Waals surface area contributed by atoms with E-state index in [1.165, 1.54) is 5.69 Å². The smallest absolute Gasteiger partial charge is 0.0948 e. The summed E-state index contributed by atoms with van der Waals surface area (Å²) in [5.74, 6) is 0. The monoisotopic (exact) mass is 222 g/mol. The third kappa shape index (κ3) is 2.44. The third-order valence-corrected chi connectivity index (χ3v) is 3.40. The van der Waals surface area contributed by atoms with Crippen LogP contribution in [0.4, 0.5) is 0 Å². The summed E-state index contributed by atoms with van der Waals surface area (Å²) in [7, 11) is 0. The Kier molecular flexibility index (Phi) is 3.61. The molecular formula is C12H22N4. The van der Waals surface area contributed by atoms with Gasteiger partial charge in [0.05, 0.1) is 12.0 Å². The second kappa shape index (κ2) is 4.97. The summed E-state index contributed by atoms with van der Waals surface area (Å²) in [6, 6.07) is 1.20. The molecule has 1 N–H and O–H groups in total. The van der Waals surface area contributed by atoms with Crippen LogP contribution in [-0.2, 0) is 13.1 Å². The first-order chi connectivity index (χ1) is 7.70. The van der Waals surface area contributed by atoms with E-state index in [9.17, 15) is 0 Å². The topological polar surface area (TPSA) is 33.1 Å². The molecule has 0 spiro atoms. The minimum atomic E-state index is 0.592. The van der Waals surface area contributed by atoms with Gasteiger partial charge in [-0.05, 0) is 20.8 Å². The fraction of sp³-hybridized carbons (Fsp3) is 0.750. The molecule has 1 aromatic heterocycles. The van der Waals surface area contributed by atoms with E-state index in [0.29, 0.717) is 12.1 Å². The van der Waals surface area contributed by atoms with Crippen LogP contribution in [-0.4, -0.2) is 39.6 Å². The van der Waals surface area contributed by atoms with Gasteiger partial charge in [-0.25, -0.2) is 4.98 Å². The first-order valence-electron chi connectivity index (χ1n) is 6.17. The van der Waals surface area contributed by atoms with Gasteiger partial charge in [0.25, 0.3) is 0 Å². The summed E-state index contributed by atoms with van der Waals surface area (Å²) in [6.45, 7) is 10.9. The van der Waals surface area contributed by atoms with Crippen molar-refractivity contribution in [2.24, 2.45) is 0 Å². The normalized spacial score (nSPS) is 27.2. The summed E-state index contributed by atoms with van der Waals surface area (Å²) in [5, 5.41) is 3.51. The van der Waals surface area contributed by atoms with Gasteiger partial charge in [0.2, 0.25) is 0 Å². The maximum atomic E-state index is 4.22. The number of piperazine rings is 1. The zero-order chi connectivity index (χ0) is 11.5. The zero-order valence-electron chi connectivity index (χ0n) is 10.5. The fourth-order valence-electron chi connectivity index (χ4n) is 2.29. The van der Waals surface area contributed by atoms with Gasteiger partial charge < -0.3 is 9.88 Å². The van der Waals surface area contributed by atoms with Gasteiger partial charge in [0.15, 0.2) is 0 Å². The van der Waals surface area contributed by atoms with Gasteiger partial charge in [0, 0.05) is 44.5 Å². The Morgan fingerprint density at radius 3 is 3.06 bits per heavy atom. The highest BCUT2D eigenvalue weighted by atomic mass is 15.2. The van der Waals surface area contributed by atoms with Crippen LogP contribution in [0.5, 0.6) is 0 Å². The van der Waals surface area contributed by atoms with E-state index in [1.54, 1.807) is 0 Å². The number of rotatable bonds is 3. The van der Waals surface area contributed by atoms with Crippen molar-refractivity contribution < 1.29 is 0 Å². The lowest BCUT2D eigenvalue weighted by molar-refractivity contribution is 0.135. The van der Waals surface area contributed by atoms with Gasteiger partial charge in [-0.3, -0.25) is 4.90 Å². The number of hydrogen-bond acceptors (Lipinski definition) is 3. The molecule has 1 fully saturated rings. The molecule has 1 aliphatic rings. The highest BCUT2D eigenvalue weighted by molar-refractivity contribution is 4.99. The Morgan fingerprint density at radius 2 is 2.31 bits per heavy atom. The molecule has 0 aromatic carbocycles. The molecule has 16 heavy (non-hydrogen) atoms. The van der Waals surface area contributed by atoms with Crippen LogP contribution >= 0.6 is 0 Å². The lowest BCUT2D eigenvalue weighted by atomic mass is 10.1. The van der Waals surface area contributed by atoms with Gasteiger partial charge >= 0.3 is 0 Å². The predicted molar refractivity (Wildman–Crippen MR) is 65.2 cm³/mol. The number of imidazole rings is 1. The van der Waals surface area contributed by atoms with Crippen molar-refractivity contribution in [2.75, 3.05) is 13.1 Å². The second-order valence-corrected chi connectivity index (χ2v) is 4.76. The molecule has 0 aliphatic carbocycles. The first kappa shape index (κ1) is 11.6. The molecule has 0 amide bonds. The van der Waals surface area contributed by atoms with E-state index in [0.717, 1.165) is 26.2 Å². The summed E-state index contributed by atoms with van der Waals surface area (Å²) in [6.07, 6.45) is 3.91. The van der Waals surface area contributed by atoms with Crippen LogP contribution in [0.3, 0.4) is 0 Å². The van der Waals surface area contributed by atoms with Crippen molar-refractivity contribution in [3.63, 3.8) is 0 Å². The van der Waals surface area contributed by atoms with Crippen molar-refractivity contribution in [1.29, 1.82) is 0 Å². The lowest BCUT2D eigenvalue weighted by Gasteiger charge is -2.37. The second-order valence-electron chi connectivity index (χ2n) is 4.76. The minimum absolute atomic E-state index is 0.592. The Bertz CT molecular complexity index is 334. The SMILES string of the molecule is CCn1cncc1CN1CC(C)NCC1C. The van der Waals surface area contributed by atoms with E-state index >= 15 is 0 Å². The van der Waals surface area contributed by atoms with Gasteiger partial charge in [0.1, 0.15) is 0 Å². The summed E-state index contributed by atoms with van der Waals surface area (Å²) >= 11 is 0. The van der Waals surface area contributed by atoms with Crippen molar-refractivity contribution in [3.05, 3.63) is 18.2 Å². The van der Waals surface area contributed by atoms with E-state index < -0.39 is 0 Å². The van der Waals surface area contributed by atoms with E-state index in [-0.39, 0.29) is 0 Å². The number of hydrogen-bond donors (Lipinski definition) is 1. The van der Waals surface area contributed by atoms with E-state index in [4.69, 9.17) is 0 Å². The molecule has 2 heterocycles. The van der Waals surface area contributed by atoms with Gasteiger partial charge in [-0.2, -0.15) is 0 Å². The van der Waals surface area contributed by atoms with Crippen LogP contribution in [0.2, 0.25) is 0 Å². The molecule has 0 saturated carbocycles. The summed E-state index contributed by atoms with van der Waals surface area (Å²) < 4.78 is 2.22. The lowest BCUT2D eigenvalue weighted by Crippen LogP contribution is -2.53. The van der Waals surface area contributed by atoms with E-state index in [2.05, 4.69) is 40.5 Å². The number of aromatic nitrogens is 2. The summed E-state index contributed by atoms with van der Waals surface area (Å²) in [4.78, 5) is 6.76. The Balaban J connectivity index is 2.02.